The predicted octanol–water partition coefficient (Wildman–Crippen LogP) is 1.18. The van der Waals surface area contributed by atoms with Gasteiger partial charge in [0.1, 0.15) is 0 Å². The Morgan fingerprint density at radius 3 is 2.53 bits per heavy atom. The van der Waals surface area contributed by atoms with Crippen LogP contribution in [0.2, 0.25) is 10.0 Å². The van der Waals surface area contributed by atoms with Crippen LogP contribution < -0.4 is 17.2 Å². The Kier molecular flexibility index (Phi) is 3.76. The Labute approximate surface area is 96.5 Å². The summed E-state index contributed by atoms with van der Waals surface area (Å²) in [5.41, 5.74) is 16.6. The predicted molar refractivity (Wildman–Crippen MR) is 64.3 cm³/mol. The minimum atomic E-state index is -0.151. The van der Waals surface area contributed by atoms with E-state index in [1.54, 1.807) is 12.1 Å². The highest BCUT2D eigenvalue weighted by Crippen LogP contribution is 2.28. The fourth-order valence-corrected chi connectivity index (χ4v) is 1.33. The number of guanidine groups is 1. The SMILES string of the molecule is NC(N)=NN=Cc1c(Cl)ccc(N)c1Cl. The van der Waals surface area contributed by atoms with Gasteiger partial charge in [0.05, 0.1) is 21.9 Å². The Hall–Kier alpha value is -1.46. The average Bonchev–Trinajstić information content (AvgIpc) is 2.17. The molecular formula is C8H9Cl2N5. The van der Waals surface area contributed by atoms with Gasteiger partial charge in [-0.3, -0.25) is 0 Å². The van der Waals surface area contributed by atoms with Gasteiger partial charge in [-0.05, 0) is 12.1 Å². The van der Waals surface area contributed by atoms with Crippen LogP contribution in [0.5, 0.6) is 0 Å². The average molecular weight is 246 g/mol. The van der Waals surface area contributed by atoms with E-state index in [0.717, 1.165) is 0 Å². The minimum absolute atomic E-state index is 0.151. The molecule has 0 fully saturated rings. The maximum absolute atomic E-state index is 5.90. The van der Waals surface area contributed by atoms with Crippen molar-refractivity contribution in [1.29, 1.82) is 0 Å². The Bertz CT molecular complexity index is 423. The second-order valence-electron chi connectivity index (χ2n) is 2.63. The standard InChI is InChI=1S/C8H9Cl2N5/c9-5-1-2-6(11)7(10)4(5)3-14-15-8(12)13/h1-3H,11H2,(H4,12,13,15). The van der Waals surface area contributed by atoms with Gasteiger partial charge in [-0.25, -0.2) is 0 Å². The summed E-state index contributed by atoms with van der Waals surface area (Å²) in [7, 11) is 0. The van der Waals surface area contributed by atoms with E-state index in [4.69, 9.17) is 40.4 Å². The second kappa shape index (κ2) is 4.86. The molecule has 0 amide bonds. The molecule has 1 rings (SSSR count). The van der Waals surface area contributed by atoms with Crippen molar-refractivity contribution in [3.63, 3.8) is 0 Å². The molecule has 80 valence electrons. The molecule has 0 atom stereocenters. The zero-order valence-electron chi connectivity index (χ0n) is 7.61. The normalized spacial score (nSPS) is 10.5. The van der Waals surface area contributed by atoms with Gasteiger partial charge in [0.15, 0.2) is 0 Å². The summed E-state index contributed by atoms with van der Waals surface area (Å²) in [6.07, 6.45) is 1.33. The van der Waals surface area contributed by atoms with E-state index in [-0.39, 0.29) is 5.96 Å². The fraction of sp³-hybridized carbons (Fsp3) is 0. The fourth-order valence-electron chi connectivity index (χ4n) is 0.858. The molecule has 5 nitrogen and oxygen atoms in total. The molecule has 0 aliphatic heterocycles. The third kappa shape index (κ3) is 3.00. The molecule has 0 spiro atoms. The van der Waals surface area contributed by atoms with Gasteiger partial charge in [-0.15, -0.1) is 5.10 Å². The van der Waals surface area contributed by atoms with E-state index in [9.17, 15) is 0 Å². The third-order valence-corrected chi connectivity index (χ3v) is 2.27. The van der Waals surface area contributed by atoms with Crippen LogP contribution in [0.15, 0.2) is 22.3 Å². The van der Waals surface area contributed by atoms with Gasteiger partial charge in [0.2, 0.25) is 5.96 Å². The van der Waals surface area contributed by atoms with E-state index in [0.29, 0.717) is 21.3 Å². The monoisotopic (exact) mass is 245 g/mol. The lowest BCUT2D eigenvalue weighted by atomic mass is 10.2. The highest BCUT2D eigenvalue weighted by molar-refractivity contribution is 6.40. The van der Waals surface area contributed by atoms with E-state index >= 15 is 0 Å². The molecule has 0 radical (unpaired) electrons. The second-order valence-corrected chi connectivity index (χ2v) is 3.42. The summed E-state index contributed by atoms with van der Waals surface area (Å²) in [5.74, 6) is -0.151. The molecule has 6 N–H and O–H groups in total. The van der Waals surface area contributed by atoms with Crippen molar-refractivity contribution >= 4 is 41.1 Å². The number of hydrogen-bond donors (Lipinski definition) is 3. The Balaban J connectivity index is 3.09. The molecule has 0 saturated carbocycles. The van der Waals surface area contributed by atoms with Gasteiger partial charge in [-0.2, -0.15) is 5.10 Å². The summed E-state index contributed by atoms with van der Waals surface area (Å²) in [6, 6.07) is 3.21. The maximum atomic E-state index is 5.90. The van der Waals surface area contributed by atoms with Crippen molar-refractivity contribution in [2.75, 3.05) is 5.73 Å². The summed E-state index contributed by atoms with van der Waals surface area (Å²) >= 11 is 11.8. The summed E-state index contributed by atoms with van der Waals surface area (Å²) < 4.78 is 0. The lowest BCUT2D eigenvalue weighted by Gasteiger charge is -2.03. The Morgan fingerprint density at radius 2 is 1.93 bits per heavy atom. The van der Waals surface area contributed by atoms with Gasteiger partial charge < -0.3 is 17.2 Å². The van der Waals surface area contributed by atoms with Crippen LogP contribution >= 0.6 is 23.2 Å². The molecular weight excluding hydrogens is 237 g/mol. The van der Waals surface area contributed by atoms with E-state index in [1.165, 1.54) is 6.21 Å². The number of halogens is 2. The first-order chi connectivity index (χ1) is 7.02. The van der Waals surface area contributed by atoms with Crippen molar-refractivity contribution in [2.45, 2.75) is 0 Å². The van der Waals surface area contributed by atoms with Crippen molar-refractivity contribution in [1.82, 2.24) is 0 Å². The molecule has 0 saturated heterocycles. The number of rotatable bonds is 2. The first-order valence-electron chi connectivity index (χ1n) is 3.88. The topological polar surface area (TPSA) is 103 Å². The number of benzene rings is 1. The lowest BCUT2D eigenvalue weighted by Crippen LogP contribution is -2.21. The highest BCUT2D eigenvalue weighted by Gasteiger charge is 2.06. The van der Waals surface area contributed by atoms with Gasteiger partial charge in [0.25, 0.3) is 0 Å². The number of nitrogens with zero attached hydrogens (tertiary/aromatic N) is 2. The van der Waals surface area contributed by atoms with Crippen molar-refractivity contribution < 1.29 is 0 Å². The summed E-state index contributed by atoms with van der Waals surface area (Å²) in [6.45, 7) is 0. The molecule has 1 aromatic rings. The zero-order chi connectivity index (χ0) is 11.4. The molecule has 0 bridgehead atoms. The number of nitrogen functional groups attached to an aromatic ring is 1. The first kappa shape index (κ1) is 11.6. The smallest absolute Gasteiger partial charge is 0.211 e. The molecule has 0 aromatic heterocycles. The van der Waals surface area contributed by atoms with Crippen LogP contribution in [0, 0.1) is 0 Å². The number of nitrogens with two attached hydrogens (primary N) is 3. The van der Waals surface area contributed by atoms with Crippen molar-refractivity contribution in [2.24, 2.45) is 21.7 Å². The largest absolute Gasteiger partial charge is 0.398 e. The van der Waals surface area contributed by atoms with Gasteiger partial charge in [-0.1, -0.05) is 23.2 Å². The third-order valence-electron chi connectivity index (χ3n) is 1.52. The van der Waals surface area contributed by atoms with Crippen molar-refractivity contribution in [3.05, 3.63) is 27.7 Å². The molecule has 15 heavy (non-hydrogen) atoms. The van der Waals surface area contributed by atoms with Gasteiger partial charge in [0, 0.05) is 5.56 Å². The van der Waals surface area contributed by atoms with E-state index < -0.39 is 0 Å². The van der Waals surface area contributed by atoms with Crippen LogP contribution in [-0.2, 0) is 0 Å². The summed E-state index contributed by atoms with van der Waals surface area (Å²) in [5, 5.41) is 7.74. The zero-order valence-corrected chi connectivity index (χ0v) is 9.13. The lowest BCUT2D eigenvalue weighted by molar-refractivity contribution is 1.21. The van der Waals surface area contributed by atoms with Crippen LogP contribution in [0.25, 0.3) is 0 Å². The molecule has 0 aliphatic rings. The Morgan fingerprint density at radius 1 is 1.27 bits per heavy atom. The molecule has 0 aliphatic carbocycles. The first-order valence-corrected chi connectivity index (χ1v) is 4.63. The van der Waals surface area contributed by atoms with E-state index in [1.807, 2.05) is 0 Å². The van der Waals surface area contributed by atoms with Crippen molar-refractivity contribution in [3.8, 4) is 0 Å². The molecule has 0 heterocycles. The van der Waals surface area contributed by atoms with Crippen LogP contribution in [-0.4, -0.2) is 12.2 Å². The number of hydrogen-bond acceptors (Lipinski definition) is 3. The molecule has 1 aromatic carbocycles. The molecule has 0 unspecified atom stereocenters. The quantitative estimate of drug-likeness (QED) is 0.316. The summed E-state index contributed by atoms with van der Waals surface area (Å²) in [4.78, 5) is 0. The van der Waals surface area contributed by atoms with E-state index in [2.05, 4.69) is 10.2 Å². The highest BCUT2D eigenvalue weighted by atomic mass is 35.5. The maximum Gasteiger partial charge on any atom is 0.211 e. The van der Waals surface area contributed by atoms with Crippen LogP contribution in [0.3, 0.4) is 0 Å². The molecule has 7 heteroatoms. The van der Waals surface area contributed by atoms with Crippen LogP contribution in [0.4, 0.5) is 5.69 Å². The van der Waals surface area contributed by atoms with Gasteiger partial charge >= 0.3 is 0 Å². The van der Waals surface area contributed by atoms with Crippen LogP contribution in [0.1, 0.15) is 5.56 Å². The number of anilines is 1. The minimum Gasteiger partial charge on any atom is -0.398 e.